The lowest BCUT2D eigenvalue weighted by molar-refractivity contribution is 0.103. The highest BCUT2D eigenvalue weighted by atomic mass is 16.5. The summed E-state index contributed by atoms with van der Waals surface area (Å²) in [5.41, 5.74) is 9.30. The molecule has 2 aromatic carbocycles. The predicted molar refractivity (Wildman–Crippen MR) is 109 cm³/mol. The Bertz CT molecular complexity index is 873. The van der Waals surface area contributed by atoms with Crippen molar-refractivity contribution in [2.45, 2.75) is 6.92 Å². The lowest BCUT2D eigenvalue weighted by Crippen LogP contribution is -2.12. The van der Waals surface area contributed by atoms with Crippen molar-refractivity contribution in [1.82, 2.24) is 0 Å². The fourth-order valence-corrected chi connectivity index (χ4v) is 2.87. The monoisotopic (exact) mass is 370 g/mol. The van der Waals surface area contributed by atoms with E-state index in [0.29, 0.717) is 34.1 Å². The topological polar surface area (TPSA) is 74.0 Å². The molecule has 0 fully saturated rings. The van der Waals surface area contributed by atoms with Crippen LogP contribution in [0.2, 0.25) is 0 Å². The summed E-state index contributed by atoms with van der Waals surface area (Å²) in [6.07, 6.45) is 1.76. The summed E-state index contributed by atoms with van der Waals surface area (Å²) in [6.45, 7) is 1.76. The zero-order valence-corrected chi connectivity index (χ0v) is 16.6. The number of anilines is 2. The maximum Gasteiger partial charge on any atom is 0.203 e. The molecule has 0 spiro atoms. The molecular formula is C21H26N2O4. The van der Waals surface area contributed by atoms with Crippen molar-refractivity contribution in [3.05, 3.63) is 47.0 Å². The van der Waals surface area contributed by atoms with Gasteiger partial charge in [-0.1, -0.05) is 0 Å². The average molecular weight is 370 g/mol. The van der Waals surface area contributed by atoms with Crippen LogP contribution in [0.3, 0.4) is 0 Å². The van der Waals surface area contributed by atoms with Gasteiger partial charge in [-0.3, -0.25) is 4.79 Å². The van der Waals surface area contributed by atoms with Gasteiger partial charge in [0.2, 0.25) is 5.75 Å². The number of allylic oxidation sites excluding steroid dienone is 1. The van der Waals surface area contributed by atoms with Gasteiger partial charge < -0.3 is 24.8 Å². The molecule has 0 amide bonds. The normalized spacial score (nSPS) is 11.1. The first-order chi connectivity index (χ1) is 12.8. The maximum absolute atomic E-state index is 12.8. The Hall–Kier alpha value is -3.15. The van der Waals surface area contributed by atoms with Gasteiger partial charge in [-0.25, -0.2) is 0 Å². The number of benzene rings is 2. The zero-order valence-electron chi connectivity index (χ0n) is 16.6. The molecular weight excluding hydrogens is 344 g/mol. The van der Waals surface area contributed by atoms with E-state index in [-0.39, 0.29) is 5.78 Å². The van der Waals surface area contributed by atoms with Gasteiger partial charge in [-0.2, -0.15) is 0 Å². The van der Waals surface area contributed by atoms with Crippen LogP contribution in [-0.4, -0.2) is 41.2 Å². The number of carbonyl (C=O) groups excluding carboxylic acids is 1. The van der Waals surface area contributed by atoms with E-state index in [1.807, 2.05) is 31.1 Å². The summed E-state index contributed by atoms with van der Waals surface area (Å²) in [7, 11) is 8.46. The number of carbonyl (C=O) groups is 1. The Labute approximate surface area is 160 Å². The van der Waals surface area contributed by atoms with Crippen molar-refractivity contribution >= 4 is 23.2 Å². The number of hydrogen-bond donors (Lipinski definition) is 1. The molecule has 2 N–H and O–H groups in total. The highest BCUT2D eigenvalue weighted by molar-refractivity contribution is 6.11. The second-order valence-electron chi connectivity index (χ2n) is 6.25. The minimum absolute atomic E-state index is 0.108. The van der Waals surface area contributed by atoms with Crippen molar-refractivity contribution in [3.63, 3.8) is 0 Å². The van der Waals surface area contributed by atoms with Crippen molar-refractivity contribution in [2.24, 2.45) is 0 Å². The summed E-state index contributed by atoms with van der Waals surface area (Å²) < 4.78 is 16.2. The van der Waals surface area contributed by atoms with E-state index in [1.165, 1.54) is 0 Å². The smallest absolute Gasteiger partial charge is 0.203 e. The molecule has 0 bridgehead atoms. The van der Waals surface area contributed by atoms with Crippen LogP contribution in [0.5, 0.6) is 17.2 Å². The van der Waals surface area contributed by atoms with Gasteiger partial charge in [0.25, 0.3) is 0 Å². The lowest BCUT2D eigenvalue weighted by atomic mass is 10.0. The fraction of sp³-hybridized carbons (Fsp3) is 0.286. The molecule has 0 radical (unpaired) electrons. The third-order valence-corrected chi connectivity index (χ3v) is 4.24. The summed E-state index contributed by atoms with van der Waals surface area (Å²) in [5, 5.41) is 0. The van der Waals surface area contributed by atoms with E-state index in [0.717, 1.165) is 11.3 Å². The molecule has 0 heterocycles. The molecule has 0 aliphatic heterocycles. The predicted octanol–water partition coefficient (Wildman–Crippen LogP) is 3.65. The van der Waals surface area contributed by atoms with Gasteiger partial charge in [0.15, 0.2) is 17.3 Å². The van der Waals surface area contributed by atoms with E-state index in [2.05, 4.69) is 0 Å². The number of Topliss-reactive ketones (excluding diaryl/α,β-unsaturated/α-hetero) is 1. The van der Waals surface area contributed by atoms with Crippen LogP contribution in [0, 0.1) is 0 Å². The van der Waals surface area contributed by atoms with Crippen LogP contribution in [0.4, 0.5) is 11.4 Å². The van der Waals surface area contributed by atoms with Gasteiger partial charge in [-0.15, -0.1) is 0 Å². The molecule has 0 atom stereocenters. The molecule has 0 aliphatic carbocycles. The Morgan fingerprint density at radius 1 is 1.00 bits per heavy atom. The summed E-state index contributed by atoms with van der Waals surface area (Å²) in [6, 6.07) is 8.90. The van der Waals surface area contributed by atoms with Crippen molar-refractivity contribution < 1.29 is 19.0 Å². The van der Waals surface area contributed by atoms with Crippen LogP contribution in [0.25, 0.3) is 6.08 Å². The van der Waals surface area contributed by atoms with Crippen molar-refractivity contribution in [2.75, 3.05) is 46.1 Å². The van der Waals surface area contributed by atoms with Crippen molar-refractivity contribution in [3.8, 4) is 17.2 Å². The number of ketones is 1. The number of methoxy groups -OCH3 is 3. The third-order valence-electron chi connectivity index (χ3n) is 4.24. The summed E-state index contributed by atoms with van der Waals surface area (Å²) in [4.78, 5) is 14.7. The molecule has 0 saturated carbocycles. The number of ether oxygens (including phenoxy) is 3. The van der Waals surface area contributed by atoms with E-state index in [4.69, 9.17) is 19.9 Å². The van der Waals surface area contributed by atoms with Gasteiger partial charge in [0, 0.05) is 25.2 Å². The first-order valence-corrected chi connectivity index (χ1v) is 8.42. The molecule has 6 nitrogen and oxygen atoms in total. The highest BCUT2D eigenvalue weighted by Crippen LogP contribution is 2.40. The standard InChI is InChI=1S/C21H26N2O4/c1-13(19(24)14-7-9-17(23(2)3)16(22)12-14)11-15-8-10-18(25-4)21(27-6)20(15)26-5/h7-12H,22H2,1-6H3/b13-11+. The van der Waals surface area contributed by atoms with E-state index in [9.17, 15) is 4.79 Å². The lowest BCUT2D eigenvalue weighted by Gasteiger charge is -2.16. The number of nitrogens with zero attached hydrogens (tertiary/aromatic N) is 1. The van der Waals surface area contributed by atoms with Crippen LogP contribution >= 0.6 is 0 Å². The first-order valence-electron chi connectivity index (χ1n) is 8.42. The molecule has 0 unspecified atom stereocenters. The summed E-state index contributed by atoms with van der Waals surface area (Å²) in [5.74, 6) is 1.44. The van der Waals surface area contributed by atoms with E-state index >= 15 is 0 Å². The van der Waals surface area contributed by atoms with Crippen LogP contribution in [0.1, 0.15) is 22.8 Å². The van der Waals surface area contributed by atoms with Gasteiger partial charge in [0.05, 0.1) is 32.7 Å². The second kappa shape index (κ2) is 8.49. The van der Waals surface area contributed by atoms with Gasteiger partial charge in [-0.05, 0) is 48.9 Å². The Balaban J connectivity index is 2.42. The van der Waals surface area contributed by atoms with Crippen molar-refractivity contribution in [1.29, 1.82) is 0 Å². The summed E-state index contributed by atoms with van der Waals surface area (Å²) >= 11 is 0. The van der Waals surface area contributed by atoms with Crippen LogP contribution in [-0.2, 0) is 0 Å². The van der Waals surface area contributed by atoms with Crippen LogP contribution in [0.15, 0.2) is 35.9 Å². The number of nitrogens with two attached hydrogens (primary N) is 1. The number of hydrogen-bond acceptors (Lipinski definition) is 6. The van der Waals surface area contributed by atoms with Gasteiger partial charge in [0.1, 0.15) is 0 Å². The Kier molecular flexibility index (Phi) is 6.34. The molecule has 0 aliphatic rings. The molecule has 0 saturated heterocycles. The molecule has 144 valence electrons. The van der Waals surface area contributed by atoms with E-state index < -0.39 is 0 Å². The largest absolute Gasteiger partial charge is 0.493 e. The SMILES string of the molecule is COc1ccc(/C=C(\C)C(=O)c2ccc(N(C)C)c(N)c2)c(OC)c1OC. The zero-order chi connectivity index (χ0) is 20.1. The maximum atomic E-state index is 12.8. The molecule has 6 heteroatoms. The average Bonchev–Trinajstić information content (AvgIpc) is 2.66. The minimum atomic E-state index is -0.108. The van der Waals surface area contributed by atoms with Crippen LogP contribution < -0.4 is 24.8 Å². The Morgan fingerprint density at radius 3 is 2.19 bits per heavy atom. The van der Waals surface area contributed by atoms with Gasteiger partial charge >= 0.3 is 0 Å². The fourth-order valence-electron chi connectivity index (χ4n) is 2.87. The minimum Gasteiger partial charge on any atom is -0.493 e. The molecule has 2 aromatic rings. The second-order valence-corrected chi connectivity index (χ2v) is 6.25. The highest BCUT2D eigenvalue weighted by Gasteiger charge is 2.16. The first kappa shape index (κ1) is 20.2. The number of nitrogen functional groups attached to an aromatic ring is 1. The Morgan fingerprint density at radius 2 is 1.67 bits per heavy atom. The molecule has 27 heavy (non-hydrogen) atoms. The third kappa shape index (κ3) is 4.16. The quantitative estimate of drug-likeness (QED) is 0.456. The molecule has 2 rings (SSSR count). The molecule has 0 aromatic heterocycles. The number of rotatable bonds is 7. The van der Waals surface area contributed by atoms with E-state index in [1.54, 1.807) is 52.5 Å².